The zero-order valence-electron chi connectivity index (χ0n) is 16.2. The van der Waals surface area contributed by atoms with E-state index in [1.165, 1.54) is 11.1 Å². The molecule has 6 rings (SSSR count). The zero-order valence-corrected chi connectivity index (χ0v) is 16.2. The number of aromatic nitrogens is 2. The Balaban J connectivity index is 1.67. The summed E-state index contributed by atoms with van der Waals surface area (Å²) in [5.74, 6) is 0.627. The van der Waals surface area contributed by atoms with Crippen LogP contribution in [-0.2, 0) is 0 Å². The molecule has 0 spiro atoms. The van der Waals surface area contributed by atoms with Gasteiger partial charge in [-0.2, -0.15) is 0 Å². The van der Waals surface area contributed by atoms with Gasteiger partial charge in [-0.1, -0.05) is 84.9 Å². The van der Waals surface area contributed by atoms with E-state index in [4.69, 9.17) is 9.40 Å². The Kier molecular flexibility index (Phi) is 3.78. The summed E-state index contributed by atoms with van der Waals surface area (Å²) < 4.78 is 6.09. The van der Waals surface area contributed by atoms with Crippen molar-refractivity contribution in [2.24, 2.45) is 0 Å². The van der Waals surface area contributed by atoms with Crippen LogP contribution in [0.15, 0.2) is 108 Å². The van der Waals surface area contributed by atoms with Gasteiger partial charge in [0.2, 0.25) is 5.89 Å². The first-order chi connectivity index (χ1) is 14.9. The van der Waals surface area contributed by atoms with Crippen molar-refractivity contribution in [3.05, 3.63) is 103 Å². The van der Waals surface area contributed by atoms with Crippen LogP contribution < -0.4 is 0 Å². The Morgan fingerprint density at radius 1 is 0.633 bits per heavy atom. The van der Waals surface area contributed by atoms with Crippen molar-refractivity contribution in [3.63, 3.8) is 0 Å². The summed E-state index contributed by atoms with van der Waals surface area (Å²) in [6.45, 7) is 0. The minimum Gasteiger partial charge on any atom is -0.436 e. The highest BCUT2D eigenvalue weighted by molar-refractivity contribution is 6.08. The van der Waals surface area contributed by atoms with E-state index in [0.717, 1.165) is 38.8 Å². The van der Waals surface area contributed by atoms with Gasteiger partial charge in [-0.05, 0) is 29.3 Å². The van der Waals surface area contributed by atoms with Gasteiger partial charge in [0, 0.05) is 10.9 Å². The molecule has 0 atom stereocenters. The average molecular weight is 386 g/mol. The van der Waals surface area contributed by atoms with Crippen LogP contribution in [0.4, 0.5) is 0 Å². The number of hydrogen-bond donors (Lipinski definition) is 1. The monoisotopic (exact) mass is 386 g/mol. The molecule has 2 aromatic heterocycles. The number of para-hydroxylation sites is 3. The number of rotatable bonds is 3. The van der Waals surface area contributed by atoms with E-state index in [2.05, 4.69) is 71.7 Å². The Hall–Kier alpha value is -4.11. The largest absolute Gasteiger partial charge is 0.436 e. The highest BCUT2D eigenvalue weighted by Crippen LogP contribution is 2.41. The standard InChI is InChI=1S/C27H18N2O/c1-3-10-18(11-4-1)24-20-14-9-15-21(27-28-22-16-7-8-17-23(22)30-27)26(20)29-25(24)19-12-5-2-6-13-19/h1-17,29H. The van der Waals surface area contributed by atoms with Gasteiger partial charge in [0.25, 0.3) is 0 Å². The summed E-state index contributed by atoms with van der Waals surface area (Å²) in [5, 5.41) is 1.15. The fourth-order valence-corrected chi connectivity index (χ4v) is 4.11. The quantitative estimate of drug-likeness (QED) is 0.346. The SMILES string of the molecule is c1ccc(-c2[nH]c3c(-c4nc5ccccc5o4)cccc3c2-c2ccccc2)cc1. The molecule has 0 aliphatic heterocycles. The number of nitrogens with one attached hydrogen (secondary N) is 1. The zero-order chi connectivity index (χ0) is 19.9. The van der Waals surface area contributed by atoms with Crippen LogP contribution in [0, 0.1) is 0 Å². The minimum absolute atomic E-state index is 0.627. The van der Waals surface area contributed by atoms with Gasteiger partial charge in [-0.3, -0.25) is 0 Å². The second-order valence-electron chi connectivity index (χ2n) is 7.32. The molecule has 0 aliphatic carbocycles. The highest BCUT2D eigenvalue weighted by atomic mass is 16.3. The maximum absolute atomic E-state index is 6.09. The Morgan fingerprint density at radius 3 is 2.10 bits per heavy atom. The third-order valence-corrected chi connectivity index (χ3v) is 5.48. The van der Waals surface area contributed by atoms with Crippen LogP contribution in [0.2, 0.25) is 0 Å². The van der Waals surface area contributed by atoms with E-state index in [9.17, 15) is 0 Å². The number of oxazole rings is 1. The molecule has 0 unspecified atom stereocenters. The molecule has 0 fully saturated rings. The summed E-state index contributed by atoms with van der Waals surface area (Å²) >= 11 is 0. The number of aromatic amines is 1. The highest BCUT2D eigenvalue weighted by Gasteiger charge is 2.19. The lowest BCUT2D eigenvalue weighted by Crippen LogP contribution is -1.82. The van der Waals surface area contributed by atoms with Crippen molar-refractivity contribution in [1.82, 2.24) is 9.97 Å². The Bertz CT molecular complexity index is 1440. The second kappa shape index (κ2) is 6.75. The lowest BCUT2D eigenvalue weighted by atomic mass is 9.98. The molecule has 2 heterocycles. The average Bonchev–Trinajstić information content (AvgIpc) is 3.42. The second-order valence-corrected chi connectivity index (χ2v) is 7.32. The number of fused-ring (bicyclic) bond motifs is 2. The van der Waals surface area contributed by atoms with Crippen molar-refractivity contribution in [2.45, 2.75) is 0 Å². The van der Waals surface area contributed by atoms with E-state index < -0.39 is 0 Å². The molecule has 142 valence electrons. The Morgan fingerprint density at radius 2 is 1.33 bits per heavy atom. The predicted octanol–water partition coefficient (Wildman–Crippen LogP) is 7.31. The van der Waals surface area contributed by atoms with Gasteiger partial charge < -0.3 is 9.40 Å². The molecule has 6 aromatic rings. The van der Waals surface area contributed by atoms with Crippen molar-refractivity contribution in [1.29, 1.82) is 0 Å². The maximum Gasteiger partial charge on any atom is 0.229 e. The fourth-order valence-electron chi connectivity index (χ4n) is 4.11. The summed E-state index contributed by atoms with van der Waals surface area (Å²) in [5.41, 5.74) is 8.26. The van der Waals surface area contributed by atoms with E-state index >= 15 is 0 Å². The van der Waals surface area contributed by atoms with Gasteiger partial charge in [0.05, 0.1) is 16.8 Å². The lowest BCUT2D eigenvalue weighted by molar-refractivity contribution is 0.620. The maximum atomic E-state index is 6.09. The molecule has 4 aromatic carbocycles. The van der Waals surface area contributed by atoms with Gasteiger partial charge in [-0.15, -0.1) is 0 Å². The molecule has 0 saturated heterocycles. The summed E-state index contributed by atoms with van der Waals surface area (Å²) in [6.07, 6.45) is 0. The van der Waals surface area contributed by atoms with Crippen molar-refractivity contribution < 1.29 is 4.42 Å². The lowest BCUT2D eigenvalue weighted by Gasteiger charge is -2.05. The van der Waals surface area contributed by atoms with Crippen LogP contribution in [0.3, 0.4) is 0 Å². The van der Waals surface area contributed by atoms with Crippen LogP contribution in [0.1, 0.15) is 0 Å². The Labute approximate surface area is 173 Å². The number of nitrogens with zero attached hydrogens (tertiary/aromatic N) is 1. The van der Waals surface area contributed by atoms with Gasteiger partial charge >= 0.3 is 0 Å². The number of H-pyrrole nitrogens is 1. The van der Waals surface area contributed by atoms with Crippen molar-refractivity contribution >= 4 is 22.0 Å². The first-order valence-corrected chi connectivity index (χ1v) is 10.00. The van der Waals surface area contributed by atoms with E-state index in [-0.39, 0.29) is 0 Å². The first-order valence-electron chi connectivity index (χ1n) is 10.00. The third-order valence-electron chi connectivity index (χ3n) is 5.48. The molecule has 0 radical (unpaired) electrons. The predicted molar refractivity (Wildman–Crippen MR) is 122 cm³/mol. The van der Waals surface area contributed by atoms with E-state index in [1.54, 1.807) is 0 Å². The number of hydrogen-bond acceptors (Lipinski definition) is 2. The topological polar surface area (TPSA) is 41.8 Å². The summed E-state index contributed by atoms with van der Waals surface area (Å²) in [7, 11) is 0. The van der Waals surface area contributed by atoms with Crippen LogP contribution >= 0.6 is 0 Å². The molecule has 0 aliphatic rings. The molecule has 3 heteroatoms. The molecule has 3 nitrogen and oxygen atoms in total. The van der Waals surface area contributed by atoms with Crippen molar-refractivity contribution in [2.75, 3.05) is 0 Å². The molecular formula is C27H18N2O. The van der Waals surface area contributed by atoms with Crippen LogP contribution in [0.5, 0.6) is 0 Å². The van der Waals surface area contributed by atoms with Crippen molar-refractivity contribution in [3.8, 4) is 33.8 Å². The van der Waals surface area contributed by atoms with Gasteiger partial charge in [0.1, 0.15) is 5.52 Å². The molecule has 1 N–H and O–H groups in total. The molecule has 0 bridgehead atoms. The van der Waals surface area contributed by atoms with Crippen LogP contribution in [-0.4, -0.2) is 9.97 Å². The minimum atomic E-state index is 0.627. The number of benzene rings is 4. The first kappa shape index (κ1) is 16.8. The van der Waals surface area contributed by atoms with E-state index in [1.807, 2.05) is 36.4 Å². The van der Waals surface area contributed by atoms with Gasteiger partial charge in [-0.25, -0.2) is 4.98 Å². The third kappa shape index (κ3) is 2.64. The molecule has 0 amide bonds. The van der Waals surface area contributed by atoms with Crippen LogP contribution in [0.25, 0.3) is 55.8 Å². The van der Waals surface area contributed by atoms with Gasteiger partial charge in [0.15, 0.2) is 5.58 Å². The van der Waals surface area contributed by atoms with E-state index in [0.29, 0.717) is 5.89 Å². The smallest absolute Gasteiger partial charge is 0.229 e. The summed E-state index contributed by atoms with van der Waals surface area (Å²) in [4.78, 5) is 8.42. The normalized spacial score (nSPS) is 11.3. The molecular weight excluding hydrogens is 368 g/mol. The molecule has 0 saturated carbocycles. The fraction of sp³-hybridized carbons (Fsp3) is 0. The molecule has 30 heavy (non-hydrogen) atoms. The summed E-state index contributed by atoms with van der Waals surface area (Å²) in [6, 6.07) is 35.1.